The Hall–Kier alpha value is -1.95. The van der Waals surface area contributed by atoms with Gasteiger partial charge in [0, 0.05) is 19.6 Å². The molecule has 24 heavy (non-hydrogen) atoms. The van der Waals surface area contributed by atoms with E-state index in [2.05, 4.69) is 41.3 Å². The highest BCUT2D eigenvalue weighted by Crippen LogP contribution is 2.16. The number of hydrogen-bond acceptors (Lipinski definition) is 4. The minimum absolute atomic E-state index is 0.467. The zero-order valence-electron chi connectivity index (χ0n) is 15.6. The summed E-state index contributed by atoms with van der Waals surface area (Å²) >= 11 is 0. The molecule has 2 N–H and O–H groups in total. The quantitative estimate of drug-likeness (QED) is 0.389. The third-order valence-corrected chi connectivity index (χ3v) is 3.95. The smallest absolute Gasteiger partial charge is 0.191 e. The van der Waals surface area contributed by atoms with E-state index in [9.17, 15) is 0 Å². The van der Waals surface area contributed by atoms with Gasteiger partial charge in [-0.2, -0.15) is 0 Å². The van der Waals surface area contributed by atoms with E-state index in [4.69, 9.17) is 9.47 Å². The van der Waals surface area contributed by atoms with Crippen LogP contribution in [0.1, 0.15) is 20.8 Å². The molecular weight excluding hydrogens is 304 g/mol. The Morgan fingerprint density at radius 3 is 2.29 bits per heavy atom. The van der Waals surface area contributed by atoms with Gasteiger partial charge in [-0.05, 0) is 44.3 Å². The zero-order chi connectivity index (χ0) is 17.8. The lowest BCUT2D eigenvalue weighted by atomic mass is 10.3. The minimum Gasteiger partial charge on any atom is -0.497 e. The van der Waals surface area contributed by atoms with Crippen molar-refractivity contribution in [2.45, 2.75) is 26.8 Å². The monoisotopic (exact) mass is 336 g/mol. The minimum atomic E-state index is 0.467. The standard InChI is InChI=1S/C18H32N4O2/c1-6-22(7-2)15(3)14-21-18(19-4)20-12-13-24-17-10-8-16(23-5)9-11-17/h8-11,15H,6-7,12-14H2,1-5H3,(H2,19,20,21). The van der Waals surface area contributed by atoms with Crippen LogP contribution in [0, 0.1) is 0 Å². The number of nitrogens with zero attached hydrogens (tertiary/aromatic N) is 2. The molecular formula is C18H32N4O2. The van der Waals surface area contributed by atoms with Crippen molar-refractivity contribution in [2.24, 2.45) is 4.99 Å². The molecule has 0 amide bonds. The van der Waals surface area contributed by atoms with Gasteiger partial charge in [0.2, 0.25) is 0 Å². The van der Waals surface area contributed by atoms with Crippen molar-refractivity contribution in [3.63, 3.8) is 0 Å². The van der Waals surface area contributed by atoms with E-state index in [1.165, 1.54) is 0 Å². The third kappa shape index (κ3) is 7.08. The van der Waals surface area contributed by atoms with Crippen molar-refractivity contribution >= 4 is 5.96 Å². The Balaban J connectivity index is 2.26. The summed E-state index contributed by atoms with van der Waals surface area (Å²) in [5, 5.41) is 6.62. The number of nitrogens with one attached hydrogen (secondary N) is 2. The molecule has 0 saturated heterocycles. The first-order valence-electron chi connectivity index (χ1n) is 8.59. The second-order valence-corrected chi connectivity index (χ2v) is 5.47. The fraction of sp³-hybridized carbons (Fsp3) is 0.611. The normalized spacial score (nSPS) is 12.8. The van der Waals surface area contributed by atoms with Crippen LogP contribution >= 0.6 is 0 Å². The van der Waals surface area contributed by atoms with Gasteiger partial charge < -0.3 is 20.1 Å². The highest BCUT2D eigenvalue weighted by atomic mass is 16.5. The van der Waals surface area contributed by atoms with Crippen LogP contribution in [0.3, 0.4) is 0 Å². The fourth-order valence-electron chi connectivity index (χ4n) is 2.45. The predicted molar refractivity (Wildman–Crippen MR) is 100 cm³/mol. The molecule has 1 aromatic carbocycles. The molecule has 0 aliphatic carbocycles. The van der Waals surface area contributed by atoms with Crippen LogP contribution in [0.5, 0.6) is 11.5 Å². The van der Waals surface area contributed by atoms with Gasteiger partial charge in [0.1, 0.15) is 18.1 Å². The molecule has 1 atom stereocenters. The van der Waals surface area contributed by atoms with Gasteiger partial charge in [-0.3, -0.25) is 9.89 Å². The average molecular weight is 336 g/mol. The van der Waals surface area contributed by atoms with Gasteiger partial charge >= 0.3 is 0 Å². The van der Waals surface area contributed by atoms with Crippen molar-refractivity contribution in [1.82, 2.24) is 15.5 Å². The third-order valence-electron chi connectivity index (χ3n) is 3.95. The molecule has 0 heterocycles. The lowest BCUT2D eigenvalue weighted by Gasteiger charge is -2.27. The first-order valence-corrected chi connectivity index (χ1v) is 8.59. The van der Waals surface area contributed by atoms with Crippen LogP contribution in [-0.4, -0.2) is 63.8 Å². The average Bonchev–Trinajstić information content (AvgIpc) is 2.62. The van der Waals surface area contributed by atoms with Crippen molar-refractivity contribution in [3.8, 4) is 11.5 Å². The lowest BCUT2D eigenvalue weighted by Crippen LogP contribution is -2.46. The summed E-state index contributed by atoms with van der Waals surface area (Å²) in [7, 11) is 3.43. The number of methoxy groups -OCH3 is 1. The number of likely N-dealkylation sites (N-methyl/N-ethyl adjacent to an activating group) is 1. The molecule has 1 rings (SSSR count). The topological polar surface area (TPSA) is 58.1 Å². The Bertz CT molecular complexity index is 472. The maximum absolute atomic E-state index is 5.69. The Kier molecular flexibility index (Phi) is 9.68. The summed E-state index contributed by atoms with van der Waals surface area (Å²) in [6.07, 6.45) is 0. The molecule has 0 fully saturated rings. The number of benzene rings is 1. The molecule has 136 valence electrons. The number of rotatable bonds is 10. The Morgan fingerprint density at radius 1 is 1.12 bits per heavy atom. The van der Waals surface area contributed by atoms with Crippen LogP contribution in [0.2, 0.25) is 0 Å². The van der Waals surface area contributed by atoms with E-state index in [1.807, 2.05) is 24.3 Å². The second-order valence-electron chi connectivity index (χ2n) is 5.47. The molecule has 6 nitrogen and oxygen atoms in total. The van der Waals surface area contributed by atoms with Crippen LogP contribution in [0.4, 0.5) is 0 Å². The second kappa shape index (κ2) is 11.6. The number of hydrogen-bond donors (Lipinski definition) is 2. The number of aliphatic imine (C=N–C) groups is 1. The predicted octanol–water partition coefficient (Wildman–Crippen LogP) is 1.97. The summed E-state index contributed by atoms with van der Waals surface area (Å²) in [6.45, 7) is 10.8. The lowest BCUT2D eigenvalue weighted by molar-refractivity contribution is 0.231. The fourth-order valence-corrected chi connectivity index (χ4v) is 2.45. The summed E-state index contributed by atoms with van der Waals surface area (Å²) in [5.41, 5.74) is 0. The van der Waals surface area contributed by atoms with Gasteiger partial charge in [-0.25, -0.2) is 0 Å². The molecule has 0 spiro atoms. The van der Waals surface area contributed by atoms with Crippen LogP contribution in [-0.2, 0) is 0 Å². The van der Waals surface area contributed by atoms with E-state index in [-0.39, 0.29) is 0 Å². The van der Waals surface area contributed by atoms with E-state index < -0.39 is 0 Å². The molecule has 0 aliphatic heterocycles. The van der Waals surface area contributed by atoms with Gasteiger partial charge in [0.25, 0.3) is 0 Å². The first-order chi connectivity index (χ1) is 11.6. The Labute approximate surface area is 146 Å². The number of guanidine groups is 1. The molecule has 1 unspecified atom stereocenters. The first kappa shape index (κ1) is 20.1. The molecule has 0 aliphatic rings. The zero-order valence-corrected chi connectivity index (χ0v) is 15.6. The highest BCUT2D eigenvalue weighted by molar-refractivity contribution is 5.79. The van der Waals surface area contributed by atoms with Gasteiger partial charge in [-0.15, -0.1) is 0 Å². The van der Waals surface area contributed by atoms with E-state index in [1.54, 1.807) is 14.2 Å². The molecule has 1 aromatic rings. The van der Waals surface area contributed by atoms with Crippen molar-refractivity contribution < 1.29 is 9.47 Å². The molecule has 0 saturated carbocycles. The molecule has 0 radical (unpaired) electrons. The van der Waals surface area contributed by atoms with Crippen molar-refractivity contribution in [1.29, 1.82) is 0 Å². The van der Waals surface area contributed by atoms with Crippen LogP contribution in [0.25, 0.3) is 0 Å². The highest BCUT2D eigenvalue weighted by Gasteiger charge is 2.10. The molecule has 6 heteroatoms. The van der Waals surface area contributed by atoms with Crippen LogP contribution in [0.15, 0.2) is 29.3 Å². The molecule has 0 bridgehead atoms. The van der Waals surface area contributed by atoms with E-state index in [0.717, 1.165) is 37.1 Å². The van der Waals surface area contributed by atoms with Gasteiger partial charge in [-0.1, -0.05) is 13.8 Å². The largest absolute Gasteiger partial charge is 0.497 e. The SMILES string of the molecule is CCN(CC)C(C)CNC(=NC)NCCOc1ccc(OC)cc1. The maximum atomic E-state index is 5.69. The van der Waals surface area contributed by atoms with Gasteiger partial charge in [0.15, 0.2) is 5.96 Å². The summed E-state index contributed by atoms with van der Waals surface area (Å²) in [5.74, 6) is 2.45. The maximum Gasteiger partial charge on any atom is 0.191 e. The number of ether oxygens (including phenoxy) is 2. The summed E-state index contributed by atoms with van der Waals surface area (Å²) in [6, 6.07) is 8.04. The van der Waals surface area contributed by atoms with Crippen molar-refractivity contribution in [3.05, 3.63) is 24.3 Å². The van der Waals surface area contributed by atoms with Crippen molar-refractivity contribution in [2.75, 3.05) is 46.9 Å². The van der Waals surface area contributed by atoms with Gasteiger partial charge in [0.05, 0.1) is 13.7 Å². The molecule has 0 aromatic heterocycles. The van der Waals surface area contributed by atoms with E-state index >= 15 is 0 Å². The Morgan fingerprint density at radius 2 is 1.75 bits per heavy atom. The summed E-state index contributed by atoms with van der Waals surface area (Å²) in [4.78, 5) is 6.65. The van der Waals surface area contributed by atoms with E-state index in [0.29, 0.717) is 19.2 Å². The summed E-state index contributed by atoms with van der Waals surface area (Å²) < 4.78 is 10.8. The van der Waals surface area contributed by atoms with Crippen LogP contribution < -0.4 is 20.1 Å².